The zero-order chi connectivity index (χ0) is 10.4. The lowest BCUT2D eigenvalue weighted by atomic mass is 10.1. The molecule has 0 unspecified atom stereocenters. The quantitative estimate of drug-likeness (QED) is 0.582. The molecule has 0 radical (unpaired) electrons. The third-order valence-corrected chi connectivity index (χ3v) is 1.58. The Bertz CT molecular complexity index is 332. The van der Waals surface area contributed by atoms with Crippen molar-refractivity contribution < 1.29 is 14.7 Å². The fraction of sp³-hybridized carbons (Fsp3) is 0.200. The van der Waals surface area contributed by atoms with Crippen molar-refractivity contribution in [3.05, 3.63) is 35.9 Å². The standard InChI is InChI=1S/C10H11NO3/c1-8(11-14-7-10(12)13)9-5-3-2-4-6-9/h2-6H,7H2,1H3,(H,12,13)/b11-8-. The molecule has 1 rings (SSSR count). The van der Waals surface area contributed by atoms with E-state index in [-0.39, 0.29) is 0 Å². The van der Waals surface area contributed by atoms with Crippen LogP contribution in [-0.2, 0) is 9.63 Å². The maximum atomic E-state index is 10.1. The van der Waals surface area contributed by atoms with Gasteiger partial charge >= 0.3 is 5.97 Å². The van der Waals surface area contributed by atoms with Gasteiger partial charge in [-0.1, -0.05) is 35.5 Å². The molecule has 0 aromatic heterocycles. The van der Waals surface area contributed by atoms with Crippen LogP contribution in [0.5, 0.6) is 0 Å². The minimum Gasteiger partial charge on any atom is -0.479 e. The Balaban J connectivity index is 2.57. The summed E-state index contributed by atoms with van der Waals surface area (Å²) < 4.78 is 0. The van der Waals surface area contributed by atoms with Crippen molar-refractivity contribution in [2.75, 3.05) is 6.61 Å². The largest absolute Gasteiger partial charge is 0.479 e. The molecule has 1 aromatic rings. The van der Waals surface area contributed by atoms with Gasteiger partial charge in [0.25, 0.3) is 0 Å². The van der Waals surface area contributed by atoms with Crippen molar-refractivity contribution in [3.63, 3.8) is 0 Å². The zero-order valence-electron chi connectivity index (χ0n) is 7.80. The van der Waals surface area contributed by atoms with Crippen molar-refractivity contribution in [1.29, 1.82) is 0 Å². The van der Waals surface area contributed by atoms with E-state index in [9.17, 15) is 4.79 Å². The average Bonchev–Trinajstić information content (AvgIpc) is 2.18. The molecule has 14 heavy (non-hydrogen) atoms. The summed E-state index contributed by atoms with van der Waals surface area (Å²) in [7, 11) is 0. The van der Waals surface area contributed by atoms with E-state index in [1.54, 1.807) is 6.92 Å². The van der Waals surface area contributed by atoms with Crippen LogP contribution in [0.25, 0.3) is 0 Å². The first-order valence-electron chi connectivity index (χ1n) is 4.14. The molecule has 4 heteroatoms. The topological polar surface area (TPSA) is 58.9 Å². The first-order valence-corrected chi connectivity index (χ1v) is 4.14. The van der Waals surface area contributed by atoms with Crippen LogP contribution in [0, 0.1) is 0 Å². The fourth-order valence-electron chi connectivity index (χ4n) is 0.916. The van der Waals surface area contributed by atoms with Gasteiger partial charge in [-0.25, -0.2) is 4.79 Å². The van der Waals surface area contributed by atoms with E-state index in [4.69, 9.17) is 5.11 Å². The van der Waals surface area contributed by atoms with Gasteiger partial charge in [0, 0.05) is 0 Å². The molecule has 4 nitrogen and oxygen atoms in total. The van der Waals surface area contributed by atoms with Crippen LogP contribution in [0.4, 0.5) is 0 Å². The van der Waals surface area contributed by atoms with Crippen LogP contribution in [0.1, 0.15) is 12.5 Å². The van der Waals surface area contributed by atoms with Crippen molar-refractivity contribution in [1.82, 2.24) is 0 Å². The van der Waals surface area contributed by atoms with E-state index in [1.165, 1.54) is 0 Å². The molecule has 0 atom stereocenters. The number of rotatable bonds is 4. The zero-order valence-corrected chi connectivity index (χ0v) is 7.80. The highest BCUT2D eigenvalue weighted by atomic mass is 16.6. The van der Waals surface area contributed by atoms with Crippen molar-refractivity contribution in [3.8, 4) is 0 Å². The molecule has 0 spiro atoms. The summed E-state index contributed by atoms with van der Waals surface area (Å²) in [6, 6.07) is 9.41. The van der Waals surface area contributed by atoms with E-state index in [2.05, 4.69) is 9.99 Å². The number of benzene rings is 1. The molecule has 1 N–H and O–H groups in total. The van der Waals surface area contributed by atoms with E-state index >= 15 is 0 Å². The summed E-state index contributed by atoms with van der Waals surface area (Å²) in [5.74, 6) is -1.03. The Morgan fingerprint density at radius 3 is 2.64 bits per heavy atom. The summed E-state index contributed by atoms with van der Waals surface area (Å²) in [6.45, 7) is 1.35. The van der Waals surface area contributed by atoms with Crippen molar-refractivity contribution in [2.24, 2.45) is 5.16 Å². The normalized spacial score (nSPS) is 11.1. The summed E-state index contributed by atoms with van der Waals surface area (Å²) in [4.78, 5) is 14.7. The third-order valence-electron chi connectivity index (χ3n) is 1.58. The maximum absolute atomic E-state index is 10.1. The summed E-state index contributed by atoms with van der Waals surface area (Å²) in [6.07, 6.45) is 0. The highest BCUT2D eigenvalue weighted by Crippen LogP contribution is 2.00. The highest BCUT2D eigenvalue weighted by Gasteiger charge is 1.98. The van der Waals surface area contributed by atoms with E-state index < -0.39 is 12.6 Å². The lowest BCUT2D eigenvalue weighted by Crippen LogP contribution is -2.05. The molecule has 0 aliphatic carbocycles. The molecule has 0 bridgehead atoms. The average molecular weight is 193 g/mol. The number of nitrogens with zero attached hydrogens (tertiary/aromatic N) is 1. The van der Waals surface area contributed by atoms with E-state index in [0.29, 0.717) is 5.71 Å². The SMILES string of the molecule is C/C(=N/OCC(=O)O)c1ccccc1. The fourth-order valence-corrected chi connectivity index (χ4v) is 0.916. The van der Waals surface area contributed by atoms with Crippen molar-refractivity contribution in [2.45, 2.75) is 6.92 Å². The summed E-state index contributed by atoms with van der Waals surface area (Å²) >= 11 is 0. The van der Waals surface area contributed by atoms with Crippen LogP contribution < -0.4 is 0 Å². The predicted molar refractivity (Wildman–Crippen MR) is 52.2 cm³/mol. The number of oxime groups is 1. The number of hydrogen-bond acceptors (Lipinski definition) is 3. The van der Waals surface area contributed by atoms with Gasteiger partial charge in [0.15, 0.2) is 0 Å². The molecular formula is C10H11NO3. The first-order chi connectivity index (χ1) is 6.70. The Kier molecular flexibility index (Phi) is 3.67. The van der Waals surface area contributed by atoms with Crippen LogP contribution in [0.15, 0.2) is 35.5 Å². The molecule has 0 fully saturated rings. The van der Waals surface area contributed by atoms with Gasteiger partial charge < -0.3 is 9.94 Å². The molecule has 1 aromatic carbocycles. The van der Waals surface area contributed by atoms with E-state index in [1.807, 2.05) is 30.3 Å². The van der Waals surface area contributed by atoms with Gasteiger partial charge in [0.05, 0.1) is 5.71 Å². The molecular weight excluding hydrogens is 182 g/mol. The second-order valence-electron chi connectivity index (χ2n) is 2.71. The maximum Gasteiger partial charge on any atom is 0.344 e. The van der Waals surface area contributed by atoms with Gasteiger partial charge in [0.2, 0.25) is 6.61 Å². The van der Waals surface area contributed by atoms with Gasteiger partial charge in [-0.05, 0) is 12.5 Å². The number of carboxylic acid groups (broad SMARTS) is 1. The number of carboxylic acids is 1. The smallest absolute Gasteiger partial charge is 0.344 e. The number of carbonyl (C=O) groups is 1. The lowest BCUT2D eigenvalue weighted by Gasteiger charge is -1.99. The van der Waals surface area contributed by atoms with Gasteiger partial charge in [-0.15, -0.1) is 0 Å². The Labute approximate surface area is 81.8 Å². The molecule has 0 heterocycles. The summed E-state index contributed by atoms with van der Waals surface area (Å²) in [5.41, 5.74) is 1.57. The predicted octanol–water partition coefficient (Wildman–Crippen LogP) is 1.51. The van der Waals surface area contributed by atoms with Crippen LogP contribution >= 0.6 is 0 Å². The third kappa shape index (κ3) is 3.26. The Morgan fingerprint density at radius 1 is 1.43 bits per heavy atom. The number of aliphatic carboxylic acids is 1. The van der Waals surface area contributed by atoms with Crippen LogP contribution in [-0.4, -0.2) is 23.4 Å². The van der Waals surface area contributed by atoms with E-state index in [0.717, 1.165) is 5.56 Å². The second kappa shape index (κ2) is 5.01. The van der Waals surface area contributed by atoms with Crippen LogP contribution in [0.3, 0.4) is 0 Å². The Morgan fingerprint density at radius 2 is 2.07 bits per heavy atom. The van der Waals surface area contributed by atoms with Gasteiger partial charge in [-0.2, -0.15) is 0 Å². The molecule has 74 valence electrons. The molecule has 0 aliphatic heterocycles. The minimum absolute atomic E-state index is 0.413. The van der Waals surface area contributed by atoms with Crippen molar-refractivity contribution >= 4 is 11.7 Å². The molecule has 0 saturated carbocycles. The monoisotopic (exact) mass is 193 g/mol. The number of hydrogen-bond donors (Lipinski definition) is 1. The van der Waals surface area contributed by atoms with Crippen LogP contribution in [0.2, 0.25) is 0 Å². The van der Waals surface area contributed by atoms with Gasteiger partial charge in [0.1, 0.15) is 0 Å². The molecule has 0 aliphatic rings. The highest BCUT2D eigenvalue weighted by molar-refractivity contribution is 5.98. The minimum atomic E-state index is -1.03. The first kappa shape index (κ1) is 10.2. The lowest BCUT2D eigenvalue weighted by molar-refractivity contribution is -0.142. The Hall–Kier alpha value is -1.84. The molecule has 0 amide bonds. The second-order valence-corrected chi connectivity index (χ2v) is 2.71. The summed E-state index contributed by atoms with van der Waals surface area (Å²) in [5, 5.41) is 12.0. The van der Waals surface area contributed by atoms with Gasteiger partial charge in [-0.3, -0.25) is 0 Å². The molecule has 0 saturated heterocycles.